The SMILES string of the molecule is Cc1ccc2nc(-c3ccc(NC(=O)c4c[nH]c5c(C)c(Cl)ccc5c4=O)cc3)sc2c1. The molecule has 2 aromatic heterocycles. The molecule has 0 atom stereocenters. The van der Waals surface area contributed by atoms with Gasteiger partial charge >= 0.3 is 0 Å². The van der Waals surface area contributed by atoms with Gasteiger partial charge in [-0.2, -0.15) is 0 Å². The maximum absolute atomic E-state index is 12.8. The monoisotopic (exact) mass is 459 g/mol. The van der Waals surface area contributed by atoms with E-state index in [4.69, 9.17) is 16.6 Å². The quantitative estimate of drug-likeness (QED) is 0.331. The summed E-state index contributed by atoms with van der Waals surface area (Å²) in [6.07, 6.45) is 1.43. The van der Waals surface area contributed by atoms with Gasteiger partial charge in [-0.05, 0) is 73.5 Å². The number of fused-ring (bicyclic) bond motifs is 2. The highest BCUT2D eigenvalue weighted by atomic mass is 35.5. The summed E-state index contributed by atoms with van der Waals surface area (Å²) in [5.41, 5.74) is 4.86. The third kappa shape index (κ3) is 3.57. The molecule has 5 rings (SSSR count). The maximum Gasteiger partial charge on any atom is 0.261 e. The van der Waals surface area contributed by atoms with E-state index in [9.17, 15) is 9.59 Å². The summed E-state index contributed by atoms with van der Waals surface area (Å²) >= 11 is 7.76. The van der Waals surface area contributed by atoms with Gasteiger partial charge in [0.2, 0.25) is 5.43 Å². The van der Waals surface area contributed by atoms with E-state index >= 15 is 0 Å². The number of pyridine rings is 1. The van der Waals surface area contributed by atoms with Gasteiger partial charge in [-0.1, -0.05) is 17.7 Å². The molecule has 5 nitrogen and oxygen atoms in total. The molecule has 0 fully saturated rings. The Hall–Kier alpha value is -3.48. The second-order valence-electron chi connectivity index (χ2n) is 7.65. The van der Waals surface area contributed by atoms with Gasteiger partial charge in [-0.15, -0.1) is 11.3 Å². The van der Waals surface area contributed by atoms with Gasteiger partial charge in [-0.3, -0.25) is 9.59 Å². The van der Waals surface area contributed by atoms with E-state index in [0.717, 1.165) is 26.4 Å². The number of nitrogens with one attached hydrogen (secondary N) is 2. The fourth-order valence-electron chi connectivity index (χ4n) is 3.63. The fourth-order valence-corrected chi connectivity index (χ4v) is 4.86. The third-order valence-corrected chi connectivity index (χ3v) is 6.90. The first-order chi connectivity index (χ1) is 15.4. The van der Waals surface area contributed by atoms with E-state index < -0.39 is 5.91 Å². The van der Waals surface area contributed by atoms with Crippen LogP contribution in [0.15, 0.2) is 65.6 Å². The fraction of sp³-hybridized carbons (Fsp3) is 0.0800. The van der Waals surface area contributed by atoms with Crippen LogP contribution in [0, 0.1) is 13.8 Å². The van der Waals surface area contributed by atoms with Gasteiger partial charge in [0.05, 0.1) is 15.7 Å². The zero-order valence-electron chi connectivity index (χ0n) is 17.3. The lowest BCUT2D eigenvalue weighted by molar-refractivity contribution is 0.102. The number of carbonyl (C=O) groups excluding carboxylic acids is 1. The lowest BCUT2D eigenvalue weighted by Crippen LogP contribution is -2.22. The molecule has 1 amide bonds. The van der Waals surface area contributed by atoms with E-state index in [0.29, 0.717) is 21.6 Å². The molecule has 0 radical (unpaired) electrons. The van der Waals surface area contributed by atoms with Crippen molar-refractivity contribution in [3.63, 3.8) is 0 Å². The Balaban J connectivity index is 1.40. The largest absolute Gasteiger partial charge is 0.360 e. The number of benzene rings is 3. The van der Waals surface area contributed by atoms with E-state index in [2.05, 4.69) is 29.4 Å². The molecule has 158 valence electrons. The molecule has 2 N–H and O–H groups in total. The van der Waals surface area contributed by atoms with Crippen molar-refractivity contribution in [3.05, 3.63) is 92.7 Å². The maximum atomic E-state index is 12.8. The number of carbonyl (C=O) groups is 1. The van der Waals surface area contributed by atoms with Gasteiger partial charge in [0.1, 0.15) is 10.6 Å². The molecule has 3 aromatic carbocycles. The van der Waals surface area contributed by atoms with Gasteiger partial charge in [0.15, 0.2) is 0 Å². The number of anilines is 1. The van der Waals surface area contributed by atoms with Gasteiger partial charge < -0.3 is 10.3 Å². The summed E-state index contributed by atoms with van der Waals surface area (Å²) < 4.78 is 1.14. The van der Waals surface area contributed by atoms with Crippen LogP contribution in [0.3, 0.4) is 0 Å². The van der Waals surface area contributed by atoms with Crippen molar-refractivity contribution in [3.8, 4) is 10.6 Å². The van der Waals surface area contributed by atoms with Crippen LogP contribution < -0.4 is 10.7 Å². The molecule has 0 aliphatic rings. The second kappa shape index (κ2) is 7.89. The van der Waals surface area contributed by atoms with Crippen LogP contribution in [-0.2, 0) is 0 Å². The van der Waals surface area contributed by atoms with Crippen molar-refractivity contribution in [2.45, 2.75) is 13.8 Å². The Morgan fingerprint density at radius 1 is 1.06 bits per heavy atom. The highest BCUT2D eigenvalue weighted by molar-refractivity contribution is 7.21. The van der Waals surface area contributed by atoms with Crippen molar-refractivity contribution in [2.24, 2.45) is 0 Å². The molecular weight excluding hydrogens is 442 g/mol. The smallest absolute Gasteiger partial charge is 0.261 e. The molecule has 0 saturated heterocycles. The van der Waals surface area contributed by atoms with Crippen LogP contribution in [0.2, 0.25) is 5.02 Å². The number of halogens is 1. The summed E-state index contributed by atoms with van der Waals surface area (Å²) in [4.78, 5) is 33.3. The van der Waals surface area contributed by atoms with Gasteiger partial charge in [-0.25, -0.2) is 4.98 Å². The Kier molecular flexibility index (Phi) is 5.04. The normalized spacial score (nSPS) is 11.2. The molecule has 0 spiro atoms. The number of rotatable bonds is 3. The Labute approximate surface area is 192 Å². The molecule has 0 bridgehead atoms. The van der Waals surface area contributed by atoms with Gasteiger partial charge in [0, 0.05) is 27.9 Å². The van der Waals surface area contributed by atoms with Crippen molar-refractivity contribution in [2.75, 3.05) is 5.32 Å². The number of amides is 1. The first-order valence-electron chi connectivity index (χ1n) is 10.0. The molecule has 0 aliphatic carbocycles. The number of aromatic amines is 1. The van der Waals surface area contributed by atoms with Crippen LogP contribution in [0.25, 0.3) is 31.7 Å². The van der Waals surface area contributed by atoms with E-state index in [1.165, 1.54) is 11.8 Å². The van der Waals surface area contributed by atoms with Crippen LogP contribution in [0.4, 0.5) is 5.69 Å². The number of aromatic nitrogens is 2. The average molecular weight is 460 g/mol. The van der Waals surface area contributed by atoms with Crippen molar-refractivity contribution < 1.29 is 4.79 Å². The lowest BCUT2D eigenvalue weighted by atomic mass is 10.1. The molecule has 32 heavy (non-hydrogen) atoms. The van der Waals surface area contributed by atoms with E-state index in [1.54, 1.807) is 23.5 Å². The Morgan fingerprint density at radius 3 is 2.62 bits per heavy atom. The number of nitrogens with zero attached hydrogens (tertiary/aromatic N) is 1. The molecular formula is C25H18ClN3O2S. The summed E-state index contributed by atoms with van der Waals surface area (Å²) in [7, 11) is 0. The minimum atomic E-state index is -0.469. The summed E-state index contributed by atoms with van der Waals surface area (Å²) in [5, 5.41) is 4.72. The summed E-state index contributed by atoms with van der Waals surface area (Å²) in [6.45, 7) is 3.89. The highest BCUT2D eigenvalue weighted by Gasteiger charge is 2.15. The minimum absolute atomic E-state index is 0.0461. The third-order valence-electron chi connectivity index (χ3n) is 5.43. The van der Waals surface area contributed by atoms with Gasteiger partial charge in [0.25, 0.3) is 5.91 Å². The zero-order valence-corrected chi connectivity index (χ0v) is 18.9. The number of hydrogen-bond acceptors (Lipinski definition) is 4. The number of hydrogen-bond donors (Lipinski definition) is 2. The molecule has 7 heteroatoms. The first kappa shape index (κ1) is 20.4. The highest BCUT2D eigenvalue weighted by Crippen LogP contribution is 2.31. The standard InChI is InChI=1S/C25H18ClN3O2S/c1-13-3-10-20-21(11-13)32-25(29-20)15-4-6-16(7-5-15)28-24(31)18-12-27-22-14(2)19(26)9-8-17(22)23(18)30/h3-12H,1-2H3,(H,27,30)(H,28,31). The zero-order chi connectivity index (χ0) is 22.4. The predicted molar refractivity (Wildman–Crippen MR) is 132 cm³/mol. The Morgan fingerprint density at radius 2 is 1.84 bits per heavy atom. The van der Waals surface area contributed by atoms with Crippen molar-refractivity contribution in [1.29, 1.82) is 0 Å². The van der Waals surface area contributed by atoms with E-state index in [1.807, 2.05) is 37.3 Å². The first-order valence-corrected chi connectivity index (χ1v) is 11.2. The number of H-pyrrole nitrogens is 1. The number of thiazole rings is 1. The van der Waals surface area contributed by atoms with Crippen molar-refractivity contribution >= 4 is 55.7 Å². The van der Waals surface area contributed by atoms with Crippen molar-refractivity contribution in [1.82, 2.24) is 9.97 Å². The van der Waals surface area contributed by atoms with E-state index in [-0.39, 0.29) is 11.0 Å². The summed E-state index contributed by atoms with van der Waals surface area (Å²) in [5.74, 6) is -0.469. The molecule has 0 aliphatic heterocycles. The summed E-state index contributed by atoms with van der Waals surface area (Å²) in [6, 6.07) is 16.9. The van der Waals surface area contributed by atoms with Crippen LogP contribution >= 0.6 is 22.9 Å². The predicted octanol–water partition coefficient (Wildman–Crippen LogP) is 6.33. The average Bonchev–Trinajstić information content (AvgIpc) is 3.20. The lowest BCUT2D eigenvalue weighted by Gasteiger charge is -2.08. The molecule has 5 aromatic rings. The second-order valence-corrected chi connectivity index (χ2v) is 9.09. The van der Waals surface area contributed by atoms with Crippen LogP contribution in [0.5, 0.6) is 0 Å². The van der Waals surface area contributed by atoms with Crippen LogP contribution in [0.1, 0.15) is 21.5 Å². The minimum Gasteiger partial charge on any atom is -0.360 e. The molecule has 0 saturated carbocycles. The number of aryl methyl sites for hydroxylation is 2. The van der Waals surface area contributed by atoms with Crippen LogP contribution in [-0.4, -0.2) is 15.9 Å². The molecule has 2 heterocycles. The Bertz CT molecular complexity index is 1570. The molecule has 0 unspecified atom stereocenters. The topological polar surface area (TPSA) is 74.8 Å².